The van der Waals surface area contributed by atoms with Gasteiger partial charge in [-0.15, -0.1) is 0 Å². The number of amides is 1. The molecule has 0 aliphatic carbocycles. The first-order valence-corrected chi connectivity index (χ1v) is 11.0. The van der Waals surface area contributed by atoms with E-state index in [9.17, 15) is 10.1 Å². The van der Waals surface area contributed by atoms with E-state index in [0.29, 0.717) is 29.4 Å². The number of ether oxygens (including phenoxy) is 2. The Labute approximate surface area is 201 Å². The highest BCUT2D eigenvalue weighted by atomic mass is 127. The molecule has 0 fully saturated rings. The lowest BCUT2D eigenvalue weighted by Crippen LogP contribution is -2.13. The molecule has 162 valence electrons. The van der Waals surface area contributed by atoms with E-state index < -0.39 is 5.91 Å². The molecule has 3 aromatic rings. The summed E-state index contributed by atoms with van der Waals surface area (Å²) in [5.41, 5.74) is 4.62. The van der Waals surface area contributed by atoms with Gasteiger partial charge in [0.25, 0.3) is 5.91 Å². The molecule has 0 atom stereocenters. The smallest absolute Gasteiger partial charge is 0.266 e. The van der Waals surface area contributed by atoms with Crippen LogP contribution in [0.25, 0.3) is 6.08 Å². The van der Waals surface area contributed by atoms with Gasteiger partial charge in [-0.05, 0) is 77.9 Å². The van der Waals surface area contributed by atoms with Crippen molar-refractivity contribution >= 4 is 40.3 Å². The molecule has 5 nitrogen and oxygen atoms in total. The van der Waals surface area contributed by atoms with Crippen molar-refractivity contribution in [1.82, 2.24) is 0 Å². The number of aryl methyl sites for hydroxylation is 2. The Morgan fingerprint density at radius 1 is 1.09 bits per heavy atom. The molecule has 3 rings (SSSR count). The molecule has 1 amide bonds. The standard InChI is InChI=1S/C26H23IN2O3/c1-17-7-9-22(10-8-17)29-26(30)21(15-28)12-20-13-23(27)25(24(14-20)31-3)32-16-19-6-4-5-18(2)11-19/h4-14H,16H2,1-3H3,(H,29,30)/b21-12+. The first kappa shape index (κ1) is 23.4. The molecule has 0 aliphatic heterocycles. The summed E-state index contributed by atoms with van der Waals surface area (Å²) in [6.45, 7) is 4.41. The predicted octanol–water partition coefficient (Wildman–Crippen LogP) is 6.04. The molecule has 0 radical (unpaired) electrons. The van der Waals surface area contributed by atoms with Crippen molar-refractivity contribution in [3.05, 3.63) is 92.1 Å². The highest BCUT2D eigenvalue weighted by Crippen LogP contribution is 2.35. The maximum Gasteiger partial charge on any atom is 0.266 e. The van der Waals surface area contributed by atoms with Crippen LogP contribution in [0, 0.1) is 28.7 Å². The lowest BCUT2D eigenvalue weighted by Gasteiger charge is -2.14. The molecule has 6 heteroatoms. The second-order valence-electron chi connectivity index (χ2n) is 7.30. The number of nitrogens with one attached hydrogen (secondary N) is 1. The third kappa shape index (κ3) is 6.11. The van der Waals surface area contributed by atoms with Crippen LogP contribution in [0.2, 0.25) is 0 Å². The van der Waals surface area contributed by atoms with E-state index in [0.717, 1.165) is 14.7 Å². The minimum atomic E-state index is -0.467. The molecule has 0 spiro atoms. The summed E-state index contributed by atoms with van der Waals surface area (Å²) >= 11 is 2.16. The van der Waals surface area contributed by atoms with E-state index >= 15 is 0 Å². The lowest BCUT2D eigenvalue weighted by molar-refractivity contribution is -0.112. The van der Waals surface area contributed by atoms with Crippen LogP contribution in [-0.4, -0.2) is 13.0 Å². The largest absolute Gasteiger partial charge is 0.493 e. The van der Waals surface area contributed by atoms with E-state index in [1.807, 2.05) is 56.3 Å². The van der Waals surface area contributed by atoms with Crippen LogP contribution in [0.5, 0.6) is 11.5 Å². The van der Waals surface area contributed by atoms with Crippen molar-refractivity contribution in [3.8, 4) is 17.6 Å². The van der Waals surface area contributed by atoms with Crippen LogP contribution in [0.15, 0.2) is 66.2 Å². The van der Waals surface area contributed by atoms with Crippen molar-refractivity contribution in [3.63, 3.8) is 0 Å². The number of carbonyl (C=O) groups excluding carboxylic acids is 1. The Balaban J connectivity index is 1.81. The molecule has 1 N–H and O–H groups in total. The number of carbonyl (C=O) groups is 1. The van der Waals surface area contributed by atoms with Gasteiger partial charge < -0.3 is 14.8 Å². The molecule has 0 aromatic heterocycles. The normalized spacial score (nSPS) is 10.9. The van der Waals surface area contributed by atoms with Crippen LogP contribution in [-0.2, 0) is 11.4 Å². The van der Waals surface area contributed by atoms with Gasteiger partial charge in [-0.2, -0.15) is 5.26 Å². The number of nitriles is 1. The number of hydrogen-bond donors (Lipinski definition) is 1. The van der Waals surface area contributed by atoms with E-state index in [-0.39, 0.29) is 5.57 Å². The van der Waals surface area contributed by atoms with Gasteiger partial charge in [0.05, 0.1) is 10.7 Å². The Kier molecular flexibility index (Phi) is 7.90. The topological polar surface area (TPSA) is 71.3 Å². The predicted molar refractivity (Wildman–Crippen MR) is 135 cm³/mol. The molecular weight excluding hydrogens is 515 g/mol. The molecular formula is C26H23IN2O3. The summed E-state index contributed by atoms with van der Waals surface area (Å²) in [5, 5.41) is 12.3. The molecule has 0 bridgehead atoms. The van der Waals surface area contributed by atoms with Crippen LogP contribution >= 0.6 is 22.6 Å². The minimum Gasteiger partial charge on any atom is -0.493 e. The minimum absolute atomic E-state index is 0.00291. The Morgan fingerprint density at radius 3 is 2.50 bits per heavy atom. The SMILES string of the molecule is COc1cc(/C=C(\C#N)C(=O)Nc2ccc(C)cc2)cc(I)c1OCc1cccc(C)c1. The highest BCUT2D eigenvalue weighted by Gasteiger charge is 2.14. The second kappa shape index (κ2) is 10.8. The molecule has 0 saturated heterocycles. The number of anilines is 1. The molecule has 0 heterocycles. The quantitative estimate of drug-likeness (QED) is 0.226. The number of rotatable bonds is 7. The molecule has 0 saturated carbocycles. The summed E-state index contributed by atoms with van der Waals surface area (Å²) in [4.78, 5) is 12.6. The maximum absolute atomic E-state index is 12.6. The molecule has 32 heavy (non-hydrogen) atoms. The average molecular weight is 538 g/mol. The van der Waals surface area contributed by atoms with Gasteiger partial charge in [-0.25, -0.2) is 0 Å². The van der Waals surface area contributed by atoms with Crippen molar-refractivity contribution in [2.24, 2.45) is 0 Å². The van der Waals surface area contributed by atoms with Crippen LogP contribution < -0.4 is 14.8 Å². The average Bonchev–Trinajstić information content (AvgIpc) is 2.77. The lowest BCUT2D eigenvalue weighted by atomic mass is 10.1. The zero-order chi connectivity index (χ0) is 23.1. The fraction of sp³-hybridized carbons (Fsp3) is 0.154. The van der Waals surface area contributed by atoms with Gasteiger partial charge in [0.1, 0.15) is 18.2 Å². The summed E-state index contributed by atoms with van der Waals surface area (Å²) < 4.78 is 12.4. The van der Waals surface area contributed by atoms with E-state index in [1.54, 1.807) is 31.4 Å². The summed E-state index contributed by atoms with van der Waals surface area (Å²) in [6, 6.07) is 21.1. The number of nitrogens with zero attached hydrogens (tertiary/aromatic N) is 1. The molecule has 3 aromatic carbocycles. The summed E-state index contributed by atoms with van der Waals surface area (Å²) in [5.74, 6) is 0.687. The van der Waals surface area contributed by atoms with Gasteiger partial charge in [-0.3, -0.25) is 4.79 Å². The maximum atomic E-state index is 12.6. The first-order chi connectivity index (χ1) is 15.4. The fourth-order valence-corrected chi connectivity index (χ4v) is 3.85. The molecule has 0 aliphatic rings. The summed E-state index contributed by atoms with van der Waals surface area (Å²) in [7, 11) is 1.56. The van der Waals surface area contributed by atoms with Gasteiger partial charge in [0, 0.05) is 5.69 Å². The number of methoxy groups -OCH3 is 1. The van der Waals surface area contributed by atoms with Gasteiger partial charge in [-0.1, -0.05) is 47.5 Å². The van der Waals surface area contributed by atoms with Crippen molar-refractivity contribution in [2.75, 3.05) is 12.4 Å². The van der Waals surface area contributed by atoms with Gasteiger partial charge in [0.15, 0.2) is 11.5 Å². The number of halogens is 1. The second-order valence-corrected chi connectivity index (χ2v) is 8.46. The Hall–Kier alpha value is -3.31. The highest BCUT2D eigenvalue weighted by molar-refractivity contribution is 14.1. The van der Waals surface area contributed by atoms with Gasteiger partial charge >= 0.3 is 0 Å². The first-order valence-electron chi connectivity index (χ1n) is 9.95. The van der Waals surface area contributed by atoms with Crippen molar-refractivity contribution < 1.29 is 14.3 Å². The van der Waals surface area contributed by atoms with E-state index in [2.05, 4.69) is 34.0 Å². The third-order valence-electron chi connectivity index (χ3n) is 4.70. The molecule has 0 unspecified atom stereocenters. The van der Waals surface area contributed by atoms with Gasteiger partial charge in [0.2, 0.25) is 0 Å². The van der Waals surface area contributed by atoms with E-state index in [1.165, 1.54) is 5.56 Å². The van der Waals surface area contributed by atoms with Crippen LogP contribution in [0.1, 0.15) is 22.3 Å². The monoisotopic (exact) mass is 538 g/mol. The summed E-state index contributed by atoms with van der Waals surface area (Å²) in [6.07, 6.45) is 1.54. The van der Waals surface area contributed by atoms with E-state index in [4.69, 9.17) is 9.47 Å². The van der Waals surface area contributed by atoms with Crippen molar-refractivity contribution in [2.45, 2.75) is 20.5 Å². The van der Waals surface area contributed by atoms with Crippen molar-refractivity contribution in [1.29, 1.82) is 5.26 Å². The number of hydrogen-bond acceptors (Lipinski definition) is 4. The Bertz CT molecular complexity index is 1190. The zero-order valence-corrected chi connectivity index (χ0v) is 20.3. The fourth-order valence-electron chi connectivity index (χ4n) is 3.07. The third-order valence-corrected chi connectivity index (χ3v) is 5.50. The zero-order valence-electron chi connectivity index (χ0n) is 18.1. The Morgan fingerprint density at radius 2 is 1.84 bits per heavy atom. The van der Waals surface area contributed by atoms with Crippen LogP contribution in [0.3, 0.4) is 0 Å². The van der Waals surface area contributed by atoms with Crippen LogP contribution in [0.4, 0.5) is 5.69 Å². The number of benzene rings is 3.